The second-order valence-corrected chi connectivity index (χ2v) is 2.98. The molecule has 0 aliphatic carbocycles. The number of hydrogen-bond acceptors (Lipinski definition) is 4. The van der Waals surface area contributed by atoms with E-state index in [-0.39, 0.29) is 5.97 Å². The summed E-state index contributed by atoms with van der Waals surface area (Å²) in [5, 5.41) is 0. The summed E-state index contributed by atoms with van der Waals surface area (Å²) in [5.41, 5.74) is 1.19. The molecule has 15 heavy (non-hydrogen) atoms. The lowest BCUT2D eigenvalue weighted by molar-refractivity contribution is 0.0519. The van der Waals surface area contributed by atoms with Crippen LogP contribution in [0.3, 0.4) is 0 Å². The first kappa shape index (κ1) is 11.7. The molecule has 4 nitrogen and oxygen atoms in total. The molecule has 1 aromatic rings. The molecule has 0 aliphatic heterocycles. The molecule has 4 heteroatoms. The van der Waals surface area contributed by atoms with Crippen LogP contribution >= 0.6 is 0 Å². The van der Waals surface area contributed by atoms with E-state index in [0.29, 0.717) is 25.3 Å². The summed E-state index contributed by atoms with van der Waals surface area (Å²) in [6, 6.07) is 5.31. The van der Waals surface area contributed by atoms with Gasteiger partial charge in [-0.05, 0) is 19.1 Å². The number of methoxy groups -OCH3 is 1. The highest BCUT2D eigenvalue weighted by atomic mass is 16.5. The summed E-state index contributed by atoms with van der Waals surface area (Å²) in [6.07, 6.45) is 0.698. The molecule has 0 unspecified atom stereocenters. The highest BCUT2D eigenvalue weighted by molar-refractivity contribution is 5.87. The van der Waals surface area contributed by atoms with E-state index in [2.05, 4.69) is 4.98 Å². The minimum Gasteiger partial charge on any atom is -0.461 e. The summed E-state index contributed by atoms with van der Waals surface area (Å²) in [5.74, 6) is -0.378. The van der Waals surface area contributed by atoms with Crippen LogP contribution < -0.4 is 0 Å². The van der Waals surface area contributed by atoms with Crippen LogP contribution in [-0.2, 0) is 15.9 Å². The molecule has 0 aromatic carbocycles. The van der Waals surface area contributed by atoms with Gasteiger partial charge in [0.15, 0.2) is 0 Å². The first-order valence-corrected chi connectivity index (χ1v) is 4.90. The average molecular weight is 209 g/mol. The van der Waals surface area contributed by atoms with Gasteiger partial charge in [0.05, 0.1) is 13.2 Å². The fourth-order valence-corrected chi connectivity index (χ4v) is 1.14. The van der Waals surface area contributed by atoms with Crippen molar-refractivity contribution in [2.45, 2.75) is 13.3 Å². The number of esters is 1. The molecule has 0 saturated carbocycles. The average Bonchev–Trinajstić information content (AvgIpc) is 2.27. The van der Waals surface area contributed by atoms with Crippen molar-refractivity contribution in [1.82, 2.24) is 4.98 Å². The van der Waals surface area contributed by atoms with E-state index in [1.807, 2.05) is 6.07 Å². The molecule has 0 bridgehead atoms. The Bertz CT molecular complexity index is 325. The minimum absolute atomic E-state index is 0.352. The van der Waals surface area contributed by atoms with E-state index in [1.54, 1.807) is 26.2 Å². The van der Waals surface area contributed by atoms with E-state index in [1.165, 1.54) is 0 Å². The third-order valence-corrected chi connectivity index (χ3v) is 1.85. The van der Waals surface area contributed by atoms with Crippen LogP contribution in [0.4, 0.5) is 0 Å². The van der Waals surface area contributed by atoms with Gasteiger partial charge in [0.2, 0.25) is 0 Å². The molecule has 0 atom stereocenters. The minimum atomic E-state index is -0.378. The summed E-state index contributed by atoms with van der Waals surface area (Å²) in [6.45, 7) is 2.73. The van der Waals surface area contributed by atoms with Gasteiger partial charge in [-0.3, -0.25) is 0 Å². The van der Waals surface area contributed by atoms with Gasteiger partial charge in [-0.2, -0.15) is 0 Å². The largest absolute Gasteiger partial charge is 0.461 e. The van der Waals surface area contributed by atoms with E-state index >= 15 is 0 Å². The van der Waals surface area contributed by atoms with Crippen molar-refractivity contribution in [3.8, 4) is 0 Å². The van der Waals surface area contributed by atoms with Crippen LogP contribution in [0, 0.1) is 0 Å². The lowest BCUT2D eigenvalue weighted by Crippen LogP contribution is -2.09. The molecule has 0 aliphatic rings. The van der Waals surface area contributed by atoms with Crippen LogP contribution in [0.2, 0.25) is 0 Å². The van der Waals surface area contributed by atoms with Crippen LogP contribution in [0.5, 0.6) is 0 Å². The lowest BCUT2D eigenvalue weighted by atomic mass is 10.2. The topological polar surface area (TPSA) is 48.4 Å². The predicted octanol–water partition coefficient (Wildman–Crippen LogP) is 1.45. The van der Waals surface area contributed by atoms with Crippen molar-refractivity contribution >= 4 is 5.97 Å². The van der Waals surface area contributed by atoms with Crippen molar-refractivity contribution in [3.63, 3.8) is 0 Å². The quantitative estimate of drug-likeness (QED) is 0.688. The molecule has 1 rings (SSSR count). The van der Waals surface area contributed by atoms with Gasteiger partial charge in [-0.15, -0.1) is 0 Å². The normalized spacial score (nSPS) is 10.0. The van der Waals surface area contributed by atoms with Crippen molar-refractivity contribution in [2.75, 3.05) is 20.3 Å². The standard InChI is InChI=1S/C11H15NO3/c1-3-15-11(13)10-6-4-5-9(12-10)7-8-14-2/h4-6H,3,7-8H2,1-2H3. The van der Waals surface area contributed by atoms with Gasteiger partial charge in [0, 0.05) is 19.2 Å². The van der Waals surface area contributed by atoms with Gasteiger partial charge < -0.3 is 9.47 Å². The van der Waals surface area contributed by atoms with Crippen molar-refractivity contribution in [2.24, 2.45) is 0 Å². The Balaban J connectivity index is 2.69. The van der Waals surface area contributed by atoms with Gasteiger partial charge in [0.25, 0.3) is 0 Å². The van der Waals surface area contributed by atoms with Gasteiger partial charge in [-0.25, -0.2) is 9.78 Å². The molecule has 0 fully saturated rings. The first-order valence-electron chi connectivity index (χ1n) is 4.90. The zero-order valence-electron chi connectivity index (χ0n) is 9.03. The molecule has 0 radical (unpaired) electrons. The maximum absolute atomic E-state index is 11.4. The summed E-state index contributed by atoms with van der Waals surface area (Å²) in [7, 11) is 1.63. The molecular formula is C11H15NO3. The zero-order chi connectivity index (χ0) is 11.1. The Hall–Kier alpha value is -1.42. The number of ether oxygens (including phenoxy) is 2. The number of rotatable bonds is 5. The Labute approximate surface area is 89.2 Å². The maximum Gasteiger partial charge on any atom is 0.356 e. The summed E-state index contributed by atoms with van der Waals surface area (Å²) in [4.78, 5) is 15.5. The number of carbonyl (C=O) groups excluding carboxylic acids is 1. The highest BCUT2D eigenvalue weighted by Gasteiger charge is 2.07. The van der Waals surface area contributed by atoms with Crippen LogP contribution in [0.1, 0.15) is 23.1 Å². The number of hydrogen-bond donors (Lipinski definition) is 0. The van der Waals surface area contributed by atoms with Crippen molar-refractivity contribution in [1.29, 1.82) is 0 Å². The number of pyridine rings is 1. The van der Waals surface area contributed by atoms with Gasteiger partial charge in [-0.1, -0.05) is 6.07 Å². The third kappa shape index (κ3) is 3.67. The summed E-state index contributed by atoms with van der Waals surface area (Å²) >= 11 is 0. The second kappa shape index (κ2) is 6.14. The fourth-order valence-electron chi connectivity index (χ4n) is 1.14. The van der Waals surface area contributed by atoms with Crippen LogP contribution in [0.25, 0.3) is 0 Å². The predicted molar refractivity (Wildman–Crippen MR) is 55.8 cm³/mol. The first-order chi connectivity index (χ1) is 7.27. The van der Waals surface area contributed by atoms with Gasteiger partial charge >= 0.3 is 5.97 Å². The van der Waals surface area contributed by atoms with Crippen LogP contribution in [-0.4, -0.2) is 31.3 Å². The second-order valence-electron chi connectivity index (χ2n) is 2.98. The van der Waals surface area contributed by atoms with E-state index < -0.39 is 0 Å². The molecule has 0 saturated heterocycles. The third-order valence-electron chi connectivity index (χ3n) is 1.85. The Morgan fingerprint density at radius 3 is 2.93 bits per heavy atom. The van der Waals surface area contributed by atoms with Crippen molar-refractivity contribution < 1.29 is 14.3 Å². The van der Waals surface area contributed by atoms with Crippen molar-refractivity contribution in [3.05, 3.63) is 29.6 Å². The SMILES string of the molecule is CCOC(=O)c1cccc(CCOC)n1. The fraction of sp³-hybridized carbons (Fsp3) is 0.455. The maximum atomic E-state index is 11.4. The lowest BCUT2D eigenvalue weighted by Gasteiger charge is -2.03. The molecular weight excluding hydrogens is 194 g/mol. The smallest absolute Gasteiger partial charge is 0.356 e. The van der Waals surface area contributed by atoms with E-state index in [9.17, 15) is 4.79 Å². The highest BCUT2D eigenvalue weighted by Crippen LogP contribution is 2.02. The molecule has 82 valence electrons. The number of nitrogens with zero attached hydrogens (tertiary/aromatic N) is 1. The summed E-state index contributed by atoms with van der Waals surface area (Å²) < 4.78 is 9.79. The monoisotopic (exact) mass is 209 g/mol. The Kier molecular flexibility index (Phi) is 4.77. The van der Waals surface area contributed by atoms with Gasteiger partial charge in [0.1, 0.15) is 5.69 Å². The molecule has 0 N–H and O–H groups in total. The Morgan fingerprint density at radius 1 is 1.47 bits per heavy atom. The molecule has 1 aromatic heterocycles. The molecule has 0 spiro atoms. The molecule has 0 amide bonds. The van der Waals surface area contributed by atoms with Crippen LogP contribution in [0.15, 0.2) is 18.2 Å². The Morgan fingerprint density at radius 2 is 2.27 bits per heavy atom. The van der Waals surface area contributed by atoms with E-state index in [4.69, 9.17) is 9.47 Å². The number of aromatic nitrogens is 1. The molecule has 1 heterocycles. The number of carbonyl (C=O) groups is 1. The zero-order valence-corrected chi connectivity index (χ0v) is 9.03. The van der Waals surface area contributed by atoms with E-state index in [0.717, 1.165) is 5.69 Å².